The summed E-state index contributed by atoms with van der Waals surface area (Å²) >= 11 is 0. The molecule has 0 spiro atoms. The Morgan fingerprint density at radius 1 is 1.31 bits per heavy atom. The van der Waals surface area contributed by atoms with Crippen LogP contribution in [0.15, 0.2) is 30.5 Å². The van der Waals surface area contributed by atoms with E-state index in [9.17, 15) is 9.18 Å². The van der Waals surface area contributed by atoms with E-state index in [0.717, 1.165) is 42.1 Å². The molecule has 1 aromatic carbocycles. The number of hydrogen-bond donors (Lipinski definition) is 1. The first-order valence-electron chi connectivity index (χ1n) is 9.62. The van der Waals surface area contributed by atoms with Gasteiger partial charge in [-0.3, -0.25) is 4.79 Å². The van der Waals surface area contributed by atoms with Gasteiger partial charge in [0.25, 0.3) is 5.91 Å². The standard InChI is InChI=1S/C20H23FN6O2/c1-13-18(14(2)27(24-13)16-7-5-15(21)6-8-16)10-22-20(28)19-12-26(25-23-19)11-17-4-3-9-29-17/h5-8,12,17H,3-4,9-11H2,1-2H3,(H,22,28). The van der Waals surface area contributed by atoms with Crippen molar-refractivity contribution < 1.29 is 13.9 Å². The highest BCUT2D eigenvalue weighted by atomic mass is 19.1. The number of carbonyl (C=O) groups excluding carboxylic acids is 1. The number of benzene rings is 1. The first-order chi connectivity index (χ1) is 14.0. The predicted octanol–water partition coefficient (Wildman–Crippen LogP) is 2.33. The van der Waals surface area contributed by atoms with E-state index in [1.165, 1.54) is 12.1 Å². The van der Waals surface area contributed by atoms with Gasteiger partial charge in [0.15, 0.2) is 5.69 Å². The topological polar surface area (TPSA) is 86.9 Å². The number of nitrogens with zero attached hydrogens (tertiary/aromatic N) is 5. The van der Waals surface area contributed by atoms with Gasteiger partial charge in [0.1, 0.15) is 5.82 Å². The molecule has 1 N–H and O–H groups in total. The molecule has 1 unspecified atom stereocenters. The molecular weight excluding hydrogens is 375 g/mol. The lowest BCUT2D eigenvalue weighted by Crippen LogP contribution is -2.24. The predicted molar refractivity (Wildman–Crippen MR) is 103 cm³/mol. The highest BCUT2D eigenvalue weighted by Gasteiger charge is 2.19. The zero-order chi connectivity index (χ0) is 20.4. The van der Waals surface area contributed by atoms with E-state index in [1.807, 2.05) is 13.8 Å². The summed E-state index contributed by atoms with van der Waals surface area (Å²) in [6.45, 7) is 5.49. The summed E-state index contributed by atoms with van der Waals surface area (Å²) < 4.78 is 22.2. The highest BCUT2D eigenvalue weighted by molar-refractivity contribution is 5.91. The molecule has 4 rings (SSSR count). The number of aromatic nitrogens is 5. The minimum Gasteiger partial charge on any atom is -0.376 e. The lowest BCUT2D eigenvalue weighted by molar-refractivity contribution is 0.0929. The molecule has 0 aliphatic carbocycles. The molecule has 9 heteroatoms. The molecule has 0 radical (unpaired) electrons. The van der Waals surface area contributed by atoms with Gasteiger partial charge < -0.3 is 10.1 Å². The summed E-state index contributed by atoms with van der Waals surface area (Å²) in [5.41, 5.74) is 3.63. The number of hydrogen-bond acceptors (Lipinski definition) is 5. The first kappa shape index (κ1) is 19.3. The van der Waals surface area contributed by atoms with Gasteiger partial charge >= 0.3 is 0 Å². The number of nitrogens with one attached hydrogen (secondary N) is 1. The molecule has 1 fully saturated rings. The first-order valence-corrected chi connectivity index (χ1v) is 9.62. The quantitative estimate of drug-likeness (QED) is 0.689. The van der Waals surface area contributed by atoms with Crippen LogP contribution >= 0.6 is 0 Å². The zero-order valence-corrected chi connectivity index (χ0v) is 16.4. The van der Waals surface area contributed by atoms with E-state index in [1.54, 1.807) is 27.7 Å². The van der Waals surface area contributed by atoms with Gasteiger partial charge in [0.05, 0.1) is 30.2 Å². The Kier molecular flexibility index (Phi) is 5.39. The third-order valence-electron chi connectivity index (χ3n) is 5.12. The molecule has 0 bridgehead atoms. The van der Waals surface area contributed by atoms with Gasteiger partial charge in [-0.05, 0) is 51.0 Å². The fourth-order valence-electron chi connectivity index (χ4n) is 3.51. The molecular formula is C20H23FN6O2. The van der Waals surface area contributed by atoms with E-state index in [0.29, 0.717) is 13.1 Å². The molecule has 2 aromatic heterocycles. The summed E-state index contributed by atoms with van der Waals surface area (Å²) in [5.74, 6) is -0.591. The van der Waals surface area contributed by atoms with Crippen LogP contribution in [0.4, 0.5) is 4.39 Å². The Bertz CT molecular complexity index is 1000. The summed E-state index contributed by atoms with van der Waals surface area (Å²) in [5, 5.41) is 15.4. The van der Waals surface area contributed by atoms with Crippen LogP contribution in [0.25, 0.3) is 5.69 Å². The maximum atomic E-state index is 13.2. The van der Waals surface area contributed by atoms with Crippen LogP contribution in [-0.2, 0) is 17.8 Å². The second-order valence-electron chi connectivity index (χ2n) is 7.18. The third-order valence-corrected chi connectivity index (χ3v) is 5.12. The van der Waals surface area contributed by atoms with Crippen LogP contribution in [0.3, 0.4) is 0 Å². The van der Waals surface area contributed by atoms with Crippen LogP contribution < -0.4 is 5.32 Å². The van der Waals surface area contributed by atoms with Crippen molar-refractivity contribution in [3.8, 4) is 5.69 Å². The van der Waals surface area contributed by atoms with Gasteiger partial charge in [0.2, 0.25) is 0 Å². The SMILES string of the molecule is Cc1nn(-c2ccc(F)cc2)c(C)c1CNC(=O)c1cn(CC2CCCO2)nn1. The zero-order valence-electron chi connectivity index (χ0n) is 16.4. The van der Waals surface area contributed by atoms with Crippen LogP contribution in [0.5, 0.6) is 0 Å². The van der Waals surface area contributed by atoms with Crippen molar-refractivity contribution in [1.29, 1.82) is 0 Å². The maximum absolute atomic E-state index is 13.2. The Morgan fingerprint density at radius 2 is 2.10 bits per heavy atom. The van der Waals surface area contributed by atoms with Gasteiger partial charge in [-0.15, -0.1) is 5.10 Å². The summed E-state index contributed by atoms with van der Waals surface area (Å²) in [6, 6.07) is 6.13. The normalized spacial score (nSPS) is 16.3. The number of halogens is 1. The molecule has 1 saturated heterocycles. The molecule has 1 aliphatic heterocycles. The molecule has 1 amide bonds. The maximum Gasteiger partial charge on any atom is 0.273 e. The van der Waals surface area contributed by atoms with E-state index >= 15 is 0 Å². The van der Waals surface area contributed by atoms with E-state index in [4.69, 9.17) is 4.74 Å². The van der Waals surface area contributed by atoms with Crippen molar-refractivity contribution >= 4 is 5.91 Å². The molecule has 152 valence electrons. The number of carbonyl (C=O) groups is 1. The summed E-state index contributed by atoms with van der Waals surface area (Å²) in [4.78, 5) is 12.5. The van der Waals surface area contributed by atoms with E-state index in [2.05, 4.69) is 20.7 Å². The van der Waals surface area contributed by atoms with Crippen molar-refractivity contribution in [3.05, 3.63) is 58.9 Å². The minimum atomic E-state index is -0.296. The number of rotatable bonds is 6. The van der Waals surface area contributed by atoms with Gasteiger partial charge in [0, 0.05) is 24.4 Å². The van der Waals surface area contributed by atoms with E-state index in [-0.39, 0.29) is 23.5 Å². The Hall–Kier alpha value is -3.07. The summed E-state index contributed by atoms with van der Waals surface area (Å²) in [7, 11) is 0. The number of aryl methyl sites for hydroxylation is 1. The van der Waals surface area contributed by atoms with Crippen LogP contribution in [0, 0.1) is 19.7 Å². The lowest BCUT2D eigenvalue weighted by atomic mass is 10.2. The largest absolute Gasteiger partial charge is 0.376 e. The van der Waals surface area contributed by atoms with Crippen molar-refractivity contribution in [1.82, 2.24) is 30.1 Å². The van der Waals surface area contributed by atoms with Crippen LogP contribution in [-0.4, -0.2) is 43.4 Å². The fourth-order valence-corrected chi connectivity index (χ4v) is 3.51. The summed E-state index contributed by atoms with van der Waals surface area (Å²) in [6.07, 6.45) is 3.82. The van der Waals surface area contributed by atoms with Crippen molar-refractivity contribution in [2.45, 2.75) is 45.9 Å². The smallest absolute Gasteiger partial charge is 0.273 e. The van der Waals surface area contributed by atoms with Crippen LogP contribution in [0.2, 0.25) is 0 Å². The monoisotopic (exact) mass is 398 g/mol. The third kappa shape index (κ3) is 4.19. The van der Waals surface area contributed by atoms with Crippen molar-refractivity contribution in [2.24, 2.45) is 0 Å². The lowest BCUT2D eigenvalue weighted by Gasteiger charge is -2.07. The molecule has 1 aliphatic rings. The Balaban J connectivity index is 1.41. The molecule has 3 heterocycles. The van der Waals surface area contributed by atoms with Gasteiger partial charge in [-0.1, -0.05) is 5.21 Å². The Labute approximate surface area is 167 Å². The molecule has 3 aromatic rings. The molecule has 0 saturated carbocycles. The highest BCUT2D eigenvalue weighted by Crippen LogP contribution is 2.18. The van der Waals surface area contributed by atoms with Gasteiger partial charge in [-0.25, -0.2) is 13.8 Å². The minimum absolute atomic E-state index is 0.134. The number of amides is 1. The Morgan fingerprint density at radius 3 is 2.83 bits per heavy atom. The van der Waals surface area contributed by atoms with E-state index < -0.39 is 0 Å². The molecule has 1 atom stereocenters. The average Bonchev–Trinajstić information content (AvgIpc) is 3.44. The average molecular weight is 398 g/mol. The second-order valence-corrected chi connectivity index (χ2v) is 7.18. The fraction of sp³-hybridized carbons (Fsp3) is 0.400. The molecule has 8 nitrogen and oxygen atoms in total. The van der Waals surface area contributed by atoms with Gasteiger partial charge in [-0.2, -0.15) is 5.10 Å². The molecule has 29 heavy (non-hydrogen) atoms. The van der Waals surface area contributed by atoms with Crippen molar-refractivity contribution in [2.75, 3.05) is 6.61 Å². The second kappa shape index (κ2) is 8.12. The number of ether oxygens (including phenoxy) is 1. The van der Waals surface area contributed by atoms with Crippen LogP contribution in [0.1, 0.15) is 40.3 Å². The van der Waals surface area contributed by atoms with Crippen molar-refractivity contribution in [3.63, 3.8) is 0 Å².